The average Bonchev–Trinajstić information content (AvgIpc) is 2.14. The Kier molecular flexibility index (Phi) is 5.40. The predicted octanol–water partition coefficient (Wildman–Crippen LogP) is -0.443. The molecule has 1 unspecified atom stereocenters. The Morgan fingerprint density at radius 3 is 1.94 bits per heavy atom. The van der Waals surface area contributed by atoms with Gasteiger partial charge in [0.2, 0.25) is 0 Å². The molecule has 0 aromatic heterocycles. The quantitative estimate of drug-likeness (QED) is 0.673. The number of hydrogen-bond donors (Lipinski definition) is 1. The minimum absolute atomic E-state index is 0.114. The van der Waals surface area contributed by atoms with Crippen molar-refractivity contribution in [1.82, 2.24) is 0 Å². The lowest BCUT2D eigenvalue weighted by molar-refractivity contribution is -0.140. The molecule has 0 bridgehead atoms. The third kappa shape index (κ3) is 6.06. The Labute approximate surface area is 95.5 Å². The van der Waals surface area contributed by atoms with E-state index in [-0.39, 0.29) is 5.75 Å². The fourth-order valence-corrected chi connectivity index (χ4v) is 4.32. The number of rotatable bonds is 7. The predicted molar refractivity (Wildman–Crippen MR) is 59.8 cm³/mol. The second kappa shape index (κ2) is 5.62. The van der Waals surface area contributed by atoms with Crippen LogP contribution < -0.4 is 0 Å². The van der Waals surface area contributed by atoms with E-state index in [1.807, 2.05) is 0 Å². The van der Waals surface area contributed by atoms with E-state index in [0.29, 0.717) is 0 Å². The summed E-state index contributed by atoms with van der Waals surface area (Å²) in [6.45, 7) is 2.70. The lowest BCUT2D eigenvalue weighted by Crippen LogP contribution is -2.26. The van der Waals surface area contributed by atoms with Gasteiger partial charge in [0.1, 0.15) is 0 Å². The molecule has 0 radical (unpaired) electrons. The SMILES string of the molecule is CCS(=O)(=O)CCS(=O)(=O)CC(C)C(=O)O. The average molecular weight is 272 g/mol. The molecule has 6 nitrogen and oxygen atoms in total. The van der Waals surface area contributed by atoms with Gasteiger partial charge < -0.3 is 5.11 Å². The van der Waals surface area contributed by atoms with E-state index in [4.69, 9.17) is 5.11 Å². The molecule has 1 atom stereocenters. The molecule has 16 heavy (non-hydrogen) atoms. The maximum absolute atomic E-state index is 11.4. The van der Waals surface area contributed by atoms with Crippen molar-refractivity contribution >= 4 is 25.6 Å². The second-order valence-corrected chi connectivity index (χ2v) is 8.29. The number of carbonyl (C=O) groups is 1. The van der Waals surface area contributed by atoms with Crippen molar-refractivity contribution in [3.63, 3.8) is 0 Å². The van der Waals surface area contributed by atoms with Gasteiger partial charge in [0.15, 0.2) is 19.7 Å². The fourth-order valence-electron chi connectivity index (χ4n) is 0.934. The summed E-state index contributed by atoms with van der Waals surface area (Å²) < 4.78 is 44.9. The van der Waals surface area contributed by atoms with Crippen molar-refractivity contribution in [1.29, 1.82) is 0 Å². The summed E-state index contributed by atoms with van der Waals surface area (Å²) in [6, 6.07) is 0. The van der Waals surface area contributed by atoms with Crippen LogP contribution in [0.2, 0.25) is 0 Å². The van der Waals surface area contributed by atoms with Gasteiger partial charge in [-0.3, -0.25) is 4.79 Å². The van der Waals surface area contributed by atoms with Crippen molar-refractivity contribution in [2.45, 2.75) is 13.8 Å². The lowest BCUT2D eigenvalue weighted by Gasteiger charge is -2.07. The van der Waals surface area contributed by atoms with Crippen LogP contribution >= 0.6 is 0 Å². The van der Waals surface area contributed by atoms with Gasteiger partial charge in [0, 0.05) is 5.75 Å². The molecule has 1 N–H and O–H groups in total. The van der Waals surface area contributed by atoms with Gasteiger partial charge >= 0.3 is 5.97 Å². The molecule has 0 aliphatic carbocycles. The molecule has 0 amide bonds. The van der Waals surface area contributed by atoms with Crippen LogP contribution in [0.4, 0.5) is 0 Å². The number of sulfone groups is 2. The van der Waals surface area contributed by atoms with Gasteiger partial charge in [0.05, 0.1) is 23.2 Å². The molecule has 0 saturated heterocycles. The van der Waals surface area contributed by atoms with Crippen LogP contribution in [0.1, 0.15) is 13.8 Å². The second-order valence-electron chi connectivity index (χ2n) is 3.59. The lowest BCUT2D eigenvalue weighted by atomic mass is 10.2. The van der Waals surface area contributed by atoms with Crippen LogP contribution in [0.5, 0.6) is 0 Å². The van der Waals surface area contributed by atoms with Crippen molar-refractivity contribution in [3.05, 3.63) is 0 Å². The third-order valence-corrected chi connectivity index (χ3v) is 5.87. The first kappa shape index (κ1) is 15.4. The van der Waals surface area contributed by atoms with Crippen LogP contribution in [0, 0.1) is 5.92 Å². The fraction of sp³-hybridized carbons (Fsp3) is 0.875. The molecule has 0 rings (SSSR count). The zero-order chi connectivity index (χ0) is 13.0. The largest absolute Gasteiger partial charge is 0.481 e. The maximum Gasteiger partial charge on any atom is 0.307 e. The van der Waals surface area contributed by atoms with Gasteiger partial charge in [-0.2, -0.15) is 0 Å². The highest BCUT2D eigenvalue weighted by Crippen LogP contribution is 2.04. The molecule has 0 spiro atoms. The first-order valence-corrected chi connectivity index (χ1v) is 8.37. The maximum atomic E-state index is 11.4. The highest BCUT2D eigenvalue weighted by Gasteiger charge is 2.22. The number of hydrogen-bond acceptors (Lipinski definition) is 5. The Hall–Kier alpha value is -0.630. The van der Waals surface area contributed by atoms with E-state index in [9.17, 15) is 21.6 Å². The standard InChI is InChI=1S/C8H16O6S2/c1-3-15(11,12)4-5-16(13,14)6-7(2)8(9)10/h7H,3-6H2,1-2H3,(H,9,10). The first-order valence-electron chi connectivity index (χ1n) is 4.73. The molecule has 0 fully saturated rings. The van der Waals surface area contributed by atoms with Crippen LogP contribution in [0.25, 0.3) is 0 Å². The Morgan fingerprint density at radius 1 is 1.12 bits per heavy atom. The summed E-state index contributed by atoms with van der Waals surface area (Å²) in [5, 5.41) is 8.54. The van der Waals surface area contributed by atoms with E-state index in [2.05, 4.69) is 0 Å². The van der Waals surface area contributed by atoms with Crippen LogP contribution in [-0.4, -0.2) is 50.9 Å². The topological polar surface area (TPSA) is 106 Å². The molecule has 0 aromatic rings. The van der Waals surface area contributed by atoms with Crippen LogP contribution in [0.15, 0.2) is 0 Å². The molecule has 0 saturated carbocycles. The number of aliphatic carboxylic acids is 1. The summed E-state index contributed by atoms with van der Waals surface area (Å²) >= 11 is 0. The molecule has 96 valence electrons. The Balaban J connectivity index is 4.44. The van der Waals surface area contributed by atoms with Gasteiger partial charge in [-0.05, 0) is 0 Å². The minimum Gasteiger partial charge on any atom is -0.481 e. The van der Waals surface area contributed by atoms with Crippen molar-refractivity contribution in [3.8, 4) is 0 Å². The van der Waals surface area contributed by atoms with E-state index in [1.54, 1.807) is 0 Å². The first-order chi connectivity index (χ1) is 7.09. The van der Waals surface area contributed by atoms with E-state index >= 15 is 0 Å². The summed E-state index contributed by atoms with van der Waals surface area (Å²) in [5.41, 5.74) is 0. The smallest absolute Gasteiger partial charge is 0.307 e. The summed E-state index contributed by atoms with van der Waals surface area (Å²) in [6.07, 6.45) is 0. The molecule has 0 heterocycles. The molecule has 0 aliphatic rings. The van der Waals surface area contributed by atoms with Gasteiger partial charge in [-0.25, -0.2) is 16.8 Å². The van der Waals surface area contributed by atoms with E-state index in [0.717, 1.165) is 0 Å². The van der Waals surface area contributed by atoms with E-state index in [1.165, 1.54) is 13.8 Å². The summed E-state index contributed by atoms with van der Waals surface area (Å²) in [7, 11) is -6.96. The van der Waals surface area contributed by atoms with Crippen molar-refractivity contribution in [2.24, 2.45) is 5.92 Å². The third-order valence-electron chi connectivity index (χ3n) is 2.07. The molecular formula is C8H16O6S2. The highest BCUT2D eigenvalue weighted by atomic mass is 32.2. The molecule has 0 aromatic carbocycles. The van der Waals surface area contributed by atoms with Gasteiger partial charge in [-0.1, -0.05) is 13.8 Å². The van der Waals surface area contributed by atoms with Crippen LogP contribution in [-0.2, 0) is 24.5 Å². The zero-order valence-electron chi connectivity index (χ0n) is 9.21. The van der Waals surface area contributed by atoms with E-state index < -0.39 is 48.8 Å². The van der Waals surface area contributed by atoms with Crippen molar-refractivity contribution < 1.29 is 26.7 Å². The zero-order valence-corrected chi connectivity index (χ0v) is 10.8. The highest BCUT2D eigenvalue weighted by molar-refractivity contribution is 7.95. The number of carboxylic acid groups (broad SMARTS) is 1. The normalized spacial score (nSPS) is 14.6. The summed E-state index contributed by atoms with van der Waals surface area (Å²) in [4.78, 5) is 10.5. The van der Waals surface area contributed by atoms with Gasteiger partial charge in [0.25, 0.3) is 0 Å². The molecule has 8 heteroatoms. The molecular weight excluding hydrogens is 256 g/mol. The minimum atomic E-state index is -3.63. The monoisotopic (exact) mass is 272 g/mol. The summed E-state index contributed by atoms with van der Waals surface area (Å²) in [5.74, 6) is -3.83. The van der Waals surface area contributed by atoms with Crippen LogP contribution in [0.3, 0.4) is 0 Å². The Morgan fingerprint density at radius 2 is 1.56 bits per heavy atom. The molecule has 0 aliphatic heterocycles. The van der Waals surface area contributed by atoms with Crippen molar-refractivity contribution in [2.75, 3.05) is 23.0 Å². The van der Waals surface area contributed by atoms with Gasteiger partial charge in [-0.15, -0.1) is 0 Å². The Bertz CT molecular complexity index is 433. The number of carboxylic acids is 1.